The van der Waals surface area contributed by atoms with Crippen LogP contribution in [0.15, 0.2) is 60.1 Å². The Balaban J connectivity index is 2.00. The molecule has 0 unspecified atom stereocenters. The van der Waals surface area contributed by atoms with E-state index in [0.717, 1.165) is 27.2 Å². The van der Waals surface area contributed by atoms with E-state index >= 15 is 0 Å². The first-order chi connectivity index (χ1) is 11.0. The molecule has 23 heavy (non-hydrogen) atoms. The van der Waals surface area contributed by atoms with Crippen molar-refractivity contribution < 1.29 is 9.28 Å². The number of ketones is 1. The van der Waals surface area contributed by atoms with Gasteiger partial charge < -0.3 is 9.05 Å². The van der Waals surface area contributed by atoms with E-state index in [9.17, 15) is 4.79 Å². The number of nitrogens with zero attached hydrogens (tertiary/aromatic N) is 2. The fourth-order valence-electron chi connectivity index (χ4n) is 2.63. The summed E-state index contributed by atoms with van der Waals surface area (Å²) in [6.45, 7) is 0.907. The maximum atomic E-state index is 12.8. The molecule has 0 spiro atoms. The first kappa shape index (κ1) is 15.7. The molecule has 0 saturated heterocycles. The third-order valence-corrected chi connectivity index (χ3v) is 4.53. The Hall–Kier alpha value is -2.17. The van der Waals surface area contributed by atoms with Crippen molar-refractivity contribution in [1.82, 2.24) is 4.57 Å². The molecule has 2 aromatic heterocycles. The number of quaternary nitrogens is 1. The topological polar surface area (TPSA) is 22.0 Å². The van der Waals surface area contributed by atoms with Crippen LogP contribution >= 0.6 is 11.3 Å². The van der Waals surface area contributed by atoms with Crippen LogP contribution in [-0.2, 0) is 6.54 Å². The van der Waals surface area contributed by atoms with E-state index in [0.29, 0.717) is 0 Å². The Morgan fingerprint density at radius 3 is 2.48 bits per heavy atom. The largest absolute Gasteiger partial charge is 0.326 e. The smallest absolute Gasteiger partial charge is 0.196 e. The molecule has 3 aromatic rings. The van der Waals surface area contributed by atoms with E-state index in [1.807, 2.05) is 54.0 Å². The summed E-state index contributed by atoms with van der Waals surface area (Å²) in [6, 6.07) is 15.6. The van der Waals surface area contributed by atoms with E-state index < -0.39 is 0 Å². The van der Waals surface area contributed by atoms with Gasteiger partial charge in [-0.25, -0.2) is 0 Å². The lowest BCUT2D eigenvalue weighted by Crippen LogP contribution is -2.34. The van der Waals surface area contributed by atoms with Gasteiger partial charge in [-0.2, -0.15) is 0 Å². The highest BCUT2D eigenvalue weighted by Crippen LogP contribution is 2.27. The molecule has 0 atom stereocenters. The summed E-state index contributed by atoms with van der Waals surface area (Å²) >= 11 is 1.61. The second kappa shape index (κ2) is 6.14. The van der Waals surface area contributed by atoms with Crippen molar-refractivity contribution in [3.8, 4) is 5.00 Å². The van der Waals surface area contributed by atoms with Crippen molar-refractivity contribution in [1.29, 1.82) is 0 Å². The molecule has 0 N–H and O–H groups in total. The molecule has 0 aliphatic carbocycles. The zero-order chi connectivity index (χ0) is 16.4. The second-order valence-corrected chi connectivity index (χ2v) is 7.55. The molecule has 0 fully saturated rings. The van der Waals surface area contributed by atoms with Crippen molar-refractivity contribution in [2.75, 3.05) is 21.1 Å². The number of hydrogen-bond acceptors (Lipinski definition) is 2. The molecule has 1 aromatic carbocycles. The summed E-state index contributed by atoms with van der Waals surface area (Å²) < 4.78 is 2.99. The molecule has 4 heteroatoms. The van der Waals surface area contributed by atoms with Gasteiger partial charge in [-0.15, -0.1) is 11.3 Å². The number of aromatic nitrogens is 1. The lowest BCUT2D eigenvalue weighted by molar-refractivity contribution is -0.884. The number of hydrogen-bond donors (Lipinski definition) is 0. The molecule has 0 bridgehead atoms. The molecular formula is C19H21N2OS+. The van der Waals surface area contributed by atoms with Gasteiger partial charge in [0.05, 0.1) is 32.4 Å². The zero-order valence-corrected chi connectivity index (χ0v) is 14.5. The lowest BCUT2D eigenvalue weighted by Gasteiger charge is -2.24. The Morgan fingerprint density at radius 2 is 1.78 bits per heavy atom. The minimum absolute atomic E-state index is 0.0757. The van der Waals surface area contributed by atoms with Crippen LogP contribution in [0.2, 0.25) is 0 Å². The van der Waals surface area contributed by atoms with Gasteiger partial charge in [0, 0.05) is 11.8 Å². The van der Waals surface area contributed by atoms with E-state index in [1.54, 1.807) is 11.3 Å². The third-order valence-electron chi connectivity index (χ3n) is 3.61. The summed E-state index contributed by atoms with van der Waals surface area (Å²) in [7, 11) is 6.51. The van der Waals surface area contributed by atoms with E-state index in [1.165, 1.54) is 5.69 Å². The van der Waals surface area contributed by atoms with Crippen LogP contribution in [0.1, 0.15) is 21.6 Å². The standard InChI is InChI=1S/C19H21N2OS/c1-21(2,3)14-16-10-7-12-20(16)19-17(11-13-23-19)18(22)15-8-5-4-6-9-15/h4-13H,14H2,1-3H3/q+1. The third kappa shape index (κ3) is 3.44. The van der Waals surface area contributed by atoms with Crippen molar-refractivity contribution in [3.63, 3.8) is 0 Å². The maximum absolute atomic E-state index is 12.8. The Labute approximate surface area is 141 Å². The minimum Gasteiger partial charge on any atom is -0.326 e. The predicted molar refractivity (Wildman–Crippen MR) is 95.3 cm³/mol. The van der Waals surface area contributed by atoms with Gasteiger partial charge >= 0.3 is 0 Å². The fraction of sp³-hybridized carbons (Fsp3) is 0.211. The van der Waals surface area contributed by atoms with Gasteiger partial charge in [-0.3, -0.25) is 4.79 Å². The highest BCUT2D eigenvalue weighted by molar-refractivity contribution is 7.13. The molecule has 0 amide bonds. The molecule has 3 rings (SSSR count). The van der Waals surface area contributed by atoms with Crippen LogP contribution in [0.3, 0.4) is 0 Å². The molecule has 3 nitrogen and oxygen atoms in total. The van der Waals surface area contributed by atoms with Gasteiger partial charge in [-0.05, 0) is 23.6 Å². The van der Waals surface area contributed by atoms with Gasteiger partial charge in [0.15, 0.2) is 5.78 Å². The molecule has 0 aliphatic heterocycles. The Morgan fingerprint density at radius 1 is 1.04 bits per heavy atom. The number of carbonyl (C=O) groups excluding carboxylic acids is 1. The number of thiophene rings is 1. The summed E-state index contributed by atoms with van der Waals surface area (Å²) in [6.07, 6.45) is 2.04. The SMILES string of the molecule is C[N+](C)(C)Cc1cccn1-c1sccc1C(=O)c1ccccc1. The monoisotopic (exact) mass is 325 g/mol. The minimum atomic E-state index is 0.0757. The van der Waals surface area contributed by atoms with Crippen molar-refractivity contribution in [2.45, 2.75) is 6.54 Å². The van der Waals surface area contributed by atoms with Gasteiger partial charge in [0.25, 0.3) is 0 Å². The predicted octanol–water partition coefficient (Wildman–Crippen LogP) is 3.98. The molecule has 0 aliphatic rings. The van der Waals surface area contributed by atoms with E-state index in [2.05, 4.69) is 31.8 Å². The Bertz CT molecular complexity index is 809. The zero-order valence-electron chi connectivity index (χ0n) is 13.7. The quantitative estimate of drug-likeness (QED) is 0.514. The summed E-state index contributed by atoms with van der Waals surface area (Å²) in [5.41, 5.74) is 2.70. The first-order valence-corrected chi connectivity index (χ1v) is 8.48. The number of benzene rings is 1. The second-order valence-electron chi connectivity index (χ2n) is 6.65. The van der Waals surface area contributed by atoms with Gasteiger partial charge in [0.2, 0.25) is 0 Å². The normalized spacial score (nSPS) is 11.6. The van der Waals surface area contributed by atoms with Crippen LogP contribution in [0, 0.1) is 0 Å². The average Bonchev–Trinajstić information content (AvgIpc) is 3.14. The van der Waals surface area contributed by atoms with Crippen LogP contribution < -0.4 is 0 Å². The number of carbonyl (C=O) groups is 1. The highest BCUT2D eigenvalue weighted by Gasteiger charge is 2.19. The van der Waals surface area contributed by atoms with Crippen LogP contribution in [0.4, 0.5) is 0 Å². The van der Waals surface area contributed by atoms with Crippen molar-refractivity contribution in [2.24, 2.45) is 0 Å². The summed E-state index contributed by atoms with van der Waals surface area (Å²) in [5, 5.41) is 2.98. The first-order valence-electron chi connectivity index (χ1n) is 7.60. The Kier molecular flexibility index (Phi) is 4.20. The molecular weight excluding hydrogens is 304 g/mol. The summed E-state index contributed by atoms with van der Waals surface area (Å²) in [5.74, 6) is 0.0757. The van der Waals surface area contributed by atoms with Gasteiger partial charge in [0.1, 0.15) is 11.5 Å². The number of rotatable bonds is 5. The molecule has 118 valence electrons. The van der Waals surface area contributed by atoms with Crippen LogP contribution in [-0.4, -0.2) is 36.0 Å². The highest BCUT2D eigenvalue weighted by atomic mass is 32.1. The van der Waals surface area contributed by atoms with Gasteiger partial charge in [-0.1, -0.05) is 30.3 Å². The molecule has 0 radical (unpaired) electrons. The van der Waals surface area contributed by atoms with Crippen LogP contribution in [0.5, 0.6) is 0 Å². The fourth-order valence-corrected chi connectivity index (χ4v) is 3.55. The van der Waals surface area contributed by atoms with E-state index in [-0.39, 0.29) is 5.78 Å². The van der Waals surface area contributed by atoms with E-state index in [4.69, 9.17) is 0 Å². The maximum Gasteiger partial charge on any atom is 0.196 e. The van der Waals surface area contributed by atoms with Crippen molar-refractivity contribution in [3.05, 3.63) is 76.9 Å². The molecule has 0 saturated carbocycles. The lowest BCUT2D eigenvalue weighted by atomic mass is 10.1. The van der Waals surface area contributed by atoms with Crippen molar-refractivity contribution >= 4 is 17.1 Å². The van der Waals surface area contributed by atoms with Crippen LogP contribution in [0.25, 0.3) is 5.00 Å². The molecule has 2 heterocycles. The summed E-state index contributed by atoms with van der Waals surface area (Å²) in [4.78, 5) is 12.8. The average molecular weight is 325 g/mol.